The molecule has 322 valence electrons. The maximum atomic E-state index is 17.1. The second-order valence-corrected chi connectivity index (χ2v) is 18.1. The lowest BCUT2D eigenvalue weighted by Gasteiger charge is -2.43. The first kappa shape index (κ1) is 43.9. The van der Waals surface area contributed by atoms with Gasteiger partial charge in [-0.2, -0.15) is 10.1 Å². The first-order chi connectivity index (χ1) is 29.2. The summed E-state index contributed by atoms with van der Waals surface area (Å²) in [4.78, 5) is 31.3. The van der Waals surface area contributed by atoms with E-state index in [1.807, 2.05) is 78.9 Å². The predicted molar refractivity (Wildman–Crippen MR) is 229 cm³/mol. The number of halogens is 1. The summed E-state index contributed by atoms with van der Waals surface area (Å²) in [5.74, 6) is -1.58. The monoisotopic (exact) mass is 874 g/mol. The minimum absolute atomic E-state index is 0.106. The molecule has 61 heavy (non-hydrogen) atoms. The van der Waals surface area contributed by atoms with Crippen LogP contribution in [0.2, 0.25) is 0 Å². The second-order valence-electron chi connectivity index (χ2n) is 14.9. The Morgan fingerprint density at radius 2 is 1.48 bits per heavy atom. The highest BCUT2D eigenvalue weighted by Crippen LogP contribution is 2.61. The van der Waals surface area contributed by atoms with Crippen LogP contribution >= 0.6 is 19.5 Å². The van der Waals surface area contributed by atoms with Gasteiger partial charge in [0.2, 0.25) is 0 Å². The smallest absolute Gasteiger partial charge is 0.459 e. The van der Waals surface area contributed by atoms with Crippen molar-refractivity contribution < 1.29 is 46.9 Å². The highest BCUT2D eigenvalue weighted by atomic mass is 32.2. The number of nitrogens with one attached hydrogen (secondary N) is 2. The Labute approximate surface area is 357 Å². The van der Waals surface area contributed by atoms with Gasteiger partial charge in [0.25, 0.3) is 5.85 Å². The summed E-state index contributed by atoms with van der Waals surface area (Å²) in [6, 6.07) is 33.1. The molecule has 5 aromatic rings. The van der Waals surface area contributed by atoms with Crippen LogP contribution < -0.4 is 30.1 Å². The van der Waals surface area contributed by atoms with Gasteiger partial charge in [0, 0.05) is 6.20 Å². The number of anilines is 1. The van der Waals surface area contributed by atoms with E-state index in [0.717, 1.165) is 21.3 Å². The topological polar surface area (TPSA) is 169 Å². The van der Waals surface area contributed by atoms with Crippen molar-refractivity contribution in [1.82, 2.24) is 14.6 Å². The van der Waals surface area contributed by atoms with E-state index in [4.69, 9.17) is 28.0 Å². The van der Waals surface area contributed by atoms with Crippen molar-refractivity contribution in [3.63, 3.8) is 0 Å². The third-order valence-corrected chi connectivity index (χ3v) is 13.8. The molecule has 7 rings (SSSR count). The van der Waals surface area contributed by atoms with E-state index in [2.05, 4.69) is 15.4 Å². The van der Waals surface area contributed by atoms with Gasteiger partial charge in [0.15, 0.2) is 6.23 Å². The van der Waals surface area contributed by atoms with Gasteiger partial charge in [-0.25, -0.2) is 13.8 Å². The minimum atomic E-state index is -4.55. The summed E-state index contributed by atoms with van der Waals surface area (Å²) >= 11 is 1.23. The van der Waals surface area contributed by atoms with Gasteiger partial charge >= 0.3 is 19.4 Å². The zero-order valence-corrected chi connectivity index (χ0v) is 35.9. The quantitative estimate of drug-likeness (QED) is 0.0486. The number of hydrogen-bond acceptors (Lipinski definition) is 13. The van der Waals surface area contributed by atoms with Gasteiger partial charge < -0.3 is 33.9 Å². The molecule has 0 amide bonds. The average Bonchev–Trinajstić information content (AvgIpc) is 3.49. The van der Waals surface area contributed by atoms with E-state index in [1.165, 1.54) is 37.0 Å². The summed E-state index contributed by atoms with van der Waals surface area (Å²) in [7, 11) is -1.38. The summed E-state index contributed by atoms with van der Waals surface area (Å²) < 4.78 is 64.6. The van der Waals surface area contributed by atoms with Gasteiger partial charge in [-0.05, 0) is 92.1 Å². The minimum Gasteiger partial charge on any atom is -0.497 e. The summed E-state index contributed by atoms with van der Waals surface area (Å²) in [5, 5.41) is 17.7. The van der Waals surface area contributed by atoms with Gasteiger partial charge in [-0.15, -0.1) is 11.8 Å². The highest BCUT2D eigenvalue weighted by molar-refractivity contribution is 8.02. The Balaban J connectivity index is 1.20. The van der Waals surface area contributed by atoms with Crippen LogP contribution in [0, 0.1) is 0 Å². The van der Waals surface area contributed by atoms with Crippen LogP contribution in [0.1, 0.15) is 50.1 Å². The molecular weight excluding hydrogens is 827 g/mol. The molecule has 14 nitrogen and oxygen atoms in total. The number of rotatable bonds is 17. The molecule has 6 atom stereocenters. The fourth-order valence-electron chi connectivity index (χ4n) is 7.45. The number of alkyl halides is 1. The number of para-hydroxylation sites is 1. The molecule has 2 saturated heterocycles. The molecule has 0 bridgehead atoms. The molecule has 3 N–H and O–H groups in total. The zero-order valence-electron chi connectivity index (χ0n) is 34.2. The number of esters is 1. The van der Waals surface area contributed by atoms with Crippen molar-refractivity contribution in [1.29, 1.82) is 0 Å². The number of carbonyl (C=O) groups is 1. The molecule has 0 radical (unpaired) electrons. The maximum absolute atomic E-state index is 17.1. The van der Waals surface area contributed by atoms with E-state index >= 15 is 4.39 Å². The van der Waals surface area contributed by atoms with Crippen molar-refractivity contribution in [3.8, 4) is 17.2 Å². The molecule has 4 aromatic carbocycles. The van der Waals surface area contributed by atoms with Crippen LogP contribution in [0.4, 0.5) is 10.2 Å². The van der Waals surface area contributed by atoms with Gasteiger partial charge in [-0.3, -0.25) is 13.9 Å². The molecule has 3 heterocycles. The van der Waals surface area contributed by atoms with Crippen molar-refractivity contribution in [2.45, 2.75) is 67.8 Å². The van der Waals surface area contributed by atoms with Crippen LogP contribution in [0.3, 0.4) is 0 Å². The largest absolute Gasteiger partial charge is 0.497 e. The van der Waals surface area contributed by atoms with Crippen LogP contribution in [-0.2, 0) is 28.9 Å². The average molecular weight is 875 g/mol. The van der Waals surface area contributed by atoms with Crippen LogP contribution in [0.25, 0.3) is 0 Å². The van der Waals surface area contributed by atoms with Crippen molar-refractivity contribution in [3.05, 3.63) is 149 Å². The number of aliphatic hydroxyl groups is 1. The predicted octanol–water partition coefficient (Wildman–Crippen LogP) is 7.23. The van der Waals surface area contributed by atoms with Crippen molar-refractivity contribution >= 4 is 31.3 Å². The number of ether oxygens (including phenoxy) is 4. The van der Waals surface area contributed by atoms with E-state index in [0.29, 0.717) is 17.3 Å². The van der Waals surface area contributed by atoms with E-state index in [-0.39, 0.29) is 18.0 Å². The third-order valence-electron chi connectivity index (χ3n) is 10.6. The molecule has 1 spiro atoms. The lowest BCUT2D eigenvalue weighted by atomic mass is 9.77. The van der Waals surface area contributed by atoms with Crippen molar-refractivity contribution in [2.75, 3.05) is 31.9 Å². The van der Waals surface area contributed by atoms with Gasteiger partial charge in [-0.1, -0.05) is 72.8 Å². The van der Waals surface area contributed by atoms with E-state index < -0.39 is 66.6 Å². The highest BCUT2D eigenvalue weighted by Gasteiger charge is 2.69. The molecule has 2 aliphatic heterocycles. The Morgan fingerprint density at radius 3 is 1.98 bits per heavy atom. The standard InChI is InChI=1S/C44H48FN4O10PS/c1-29(2)57-38(50)30(3)48-60(53,59-36-14-10-7-11-15-36)56-28-43(45)39(51)42(25-27-61-42)40(58-43)49-26-24-37(46-41(49)52)47-44(31-12-8-6-9-13-31,32-16-20-34(54-4)21-17-32)33-18-22-35(55-5)23-19-33/h6-24,26,29-30,39-40,51H,25,27-28H2,1-5H3,(H,48,53)(H,46,47,52)/t30?,39-,40+,42+,43+,60?/m0/s1. The number of methoxy groups -OCH3 is 2. The lowest BCUT2D eigenvalue weighted by molar-refractivity contribution is -0.203. The number of benzene rings is 4. The number of carbonyl (C=O) groups excluding carboxylic acids is 1. The van der Waals surface area contributed by atoms with Gasteiger partial charge in [0.1, 0.15) is 47.4 Å². The lowest BCUT2D eigenvalue weighted by Crippen LogP contribution is -2.54. The summed E-state index contributed by atoms with van der Waals surface area (Å²) in [5.41, 5.74) is 0.551. The van der Waals surface area contributed by atoms with E-state index in [1.54, 1.807) is 52.3 Å². The maximum Gasteiger partial charge on any atom is 0.459 e. The Morgan fingerprint density at radius 1 is 0.918 bits per heavy atom. The number of hydrogen-bond donors (Lipinski definition) is 3. The van der Waals surface area contributed by atoms with Crippen LogP contribution in [0.15, 0.2) is 126 Å². The Bertz CT molecular complexity index is 2340. The normalized spacial score (nSPS) is 22.5. The number of aromatic nitrogens is 2. The molecule has 2 aliphatic rings. The zero-order chi connectivity index (χ0) is 43.4. The fraction of sp³-hybridized carbons (Fsp3) is 0.341. The Hall–Kier alpha value is -5.22. The SMILES string of the molecule is COc1ccc(C(Nc2ccn([C@@H]3O[C@](F)(COP(=O)(NC(C)C(=O)OC(C)C)Oc4ccccc4)[C@@H](O)[C@]34CCS4)c(=O)n2)(c2ccccc2)c2ccc(OC)cc2)cc1. The summed E-state index contributed by atoms with van der Waals surface area (Å²) in [6.07, 6.45) is -1.95. The fourth-order valence-corrected chi connectivity index (χ4v) is 10.3. The third kappa shape index (κ3) is 8.92. The molecule has 2 fully saturated rings. The first-order valence-electron chi connectivity index (χ1n) is 19.6. The van der Waals surface area contributed by atoms with Crippen molar-refractivity contribution in [2.24, 2.45) is 0 Å². The second kappa shape index (κ2) is 18.0. The summed E-state index contributed by atoms with van der Waals surface area (Å²) in [6.45, 7) is 3.62. The molecule has 17 heteroatoms. The first-order valence-corrected chi connectivity index (χ1v) is 22.2. The number of aliphatic hydroxyl groups excluding tert-OH is 1. The van der Waals surface area contributed by atoms with Crippen LogP contribution in [0.5, 0.6) is 17.2 Å². The molecule has 0 aliphatic carbocycles. The number of nitrogens with zero attached hydrogens (tertiary/aromatic N) is 2. The van der Waals surface area contributed by atoms with Gasteiger partial charge in [0.05, 0.1) is 25.1 Å². The van der Waals surface area contributed by atoms with E-state index in [9.17, 15) is 19.3 Å². The molecular formula is C44H48FN4O10PS. The molecule has 0 saturated carbocycles. The number of thioether (sulfide) groups is 1. The van der Waals surface area contributed by atoms with Crippen LogP contribution in [-0.4, -0.2) is 76.1 Å². The Kier molecular flexibility index (Phi) is 13.0. The molecule has 1 aromatic heterocycles. The molecule has 2 unspecified atom stereocenters.